The Bertz CT molecular complexity index is 706. The molecule has 0 spiro atoms. The molecule has 1 aliphatic rings. The second-order valence-electron chi connectivity index (χ2n) is 5.21. The van der Waals surface area contributed by atoms with E-state index in [1.165, 1.54) is 0 Å². The molecule has 3 heterocycles. The van der Waals surface area contributed by atoms with Crippen LogP contribution in [0, 0.1) is 6.92 Å². The lowest BCUT2D eigenvalue weighted by molar-refractivity contribution is 0.0919. The number of nitrogens with zero attached hydrogens (tertiary/aromatic N) is 4. The molecule has 1 amide bonds. The van der Waals surface area contributed by atoms with Crippen LogP contribution in [0.2, 0.25) is 10.2 Å². The van der Waals surface area contributed by atoms with E-state index < -0.39 is 0 Å². The van der Waals surface area contributed by atoms with Gasteiger partial charge in [-0.05, 0) is 19.4 Å². The molecule has 1 atom stereocenters. The van der Waals surface area contributed by atoms with Gasteiger partial charge in [0.1, 0.15) is 22.5 Å². The summed E-state index contributed by atoms with van der Waals surface area (Å²) < 4.78 is 3.62. The first-order valence-corrected chi connectivity index (χ1v) is 7.43. The number of nitrogens with one attached hydrogen (secondary N) is 1. The summed E-state index contributed by atoms with van der Waals surface area (Å²) >= 11 is 11.9. The number of hydrogen-bond donors (Lipinski definition) is 1. The van der Waals surface area contributed by atoms with E-state index in [1.54, 1.807) is 17.7 Å². The first-order chi connectivity index (χ1) is 9.97. The molecule has 21 heavy (non-hydrogen) atoms. The monoisotopic (exact) mass is 327 g/mol. The number of aryl methyl sites for hydroxylation is 2. The third kappa shape index (κ3) is 2.53. The number of rotatable bonds is 2. The molecule has 0 fully saturated rings. The molecular formula is C13H15Cl2N5O. The molecule has 0 radical (unpaired) electrons. The molecule has 0 aromatic carbocycles. The zero-order valence-electron chi connectivity index (χ0n) is 11.7. The van der Waals surface area contributed by atoms with Gasteiger partial charge in [-0.2, -0.15) is 0 Å². The van der Waals surface area contributed by atoms with Gasteiger partial charge < -0.3 is 14.5 Å². The van der Waals surface area contributed by atoms with Gasteiger partial charge in [0.05, 0.1) is 5.02 Å². The summed E-state index contributed by atoms with van der Waals surface area (Å²) in [7, 11) is 1.71. The van der Waals surface area contributed by atoms with Crippen molar-refractivity contribution in [1.29, 1.82) is 0 Å². The zero-order chi connectivity index (χ0) is 15.1. The fourth-order valence-corrected chi connectivity index (χ4v) is 2.98. The van der Waals surface area contributed by atoms with Crippen LogP contribution >= 0.6 is 23.2 Å². The van der Waals surface area contributed by atoms with Gasteiger partial charge in [-0.15, -0.1) is 10.2 Å². The minimum Gasteiger partial charge on any atom is -0.346 e. The van der Waals surface area contributed by atoms with Crippen molar-refractivity contribution < 1.29 is 4.79 Å². The van der Waals surface area contributed by atoms with Crippen LogP contribution in [-0.2, 0) is 20.0 Å². The topological polar surface area (TPSA) is 64.7 Å². The van der Waals surface area contributed by atoms with Gasteiger partial charge in [0.25, 0.3) is 5.91 Å². The maximum absolute atomic E-state index is 12.3. The molecule has 3 rings (SSSR count). The molecule has 0 unspecified atom stereocenters. The van der Waals surface area contributed by atoms with E-state index in [1.807, 2.05) is 11.5 Å². The van der Waals surface area contributed by atoms with E-state index in [2.05, 4.69) is 15.5 Å². The van der Waals surface area contributed by atoms with Crippen molar-refractivity contribution in [3.05, 3.63) is 33.6 Å². The zero-order valence-corrected chi connectivity index (χ0v) is 13.2. The Morgan fingerprint density at radius 3 is 2.86 bits per heavy atom. The number of halogens is 2. The van der Waals surface area contributed by atoms with Gasteiger partial charge in [-0.3, -0.25) is 4.79 Å². The van der Waals surface area contributed by atoms with Crippen molar-refractivity contribution in [2.24, 2.45) is 7.05 Å². The highest BCUT2D eigenvalue weighted by Crippen LogP contribution is 2.25. The molecule has 0 bridgehead atoms. The SMILES string of the molecule is Cc1nnc2n1C[C@H](NC(=O)c1cc(Cl)c(Cl)n1C)CC2. The van der Waals surface area contributed by atoms with Crippen LogP contribution < -0.4 is 5.32 Å². The number of carbonyl (C=O) groups excluding carboxylic acids is 1. The average Bonchev–Trinajstić information content (AvgIpc) is 2.95. The third-order valence-electron chi connectivity index (χ3n) is 3.82. The lowest BCUT2D eigenvalue weighted by Gasteiger charge is -2.25. The van der Waals surface area contributed by atoms with Crippen molar-refractivity contribution >= 4 is 29.1 Å². The van der Waals surface area contributed by atoms with Gasteiger partial charge in [0.15, 0.2) is 0 Å². The predicted molar refractivity (Wildman–Crippen MR) is 79.8 cm³/mol. The smallest absolute Gasteiger partial charge is 0.268 e. The van der Waals surface area contributed by atoms with E-state index in [-0.39, 0.29) is 11.9 Å². The van der Waals surface area contributed by atoms with E-state index in [0.29, 0.717) is 22.4 Å². The third-order valence-corrected chi connectivity index (χ3v) is 4.66. The maximum atomic E-state index is 12.3. The maximum Gasteiger partial charge on any atom is 0.268 e. The molecule has 0 saturated carbocycles. The fraction of sp³-hybridized carbons (Fsp3) is 0.462. The van der Waals surface area contributed by atoms with Crippen LogP contribution in [0.15, 0.2) is 6.07 Å². The van der Waals surface area contributed by atoms with Crippen LogP contribution in [0.1, 0.15) is 28.6 Å². The molecule has 8 heteroatoms. The van der Waals surface area contributed by atoms with Crippen molar-refractivity contribution in [3.8, 4) is 0 Å². The molecule has 2 aromatic rings. The van der Waals surface area contributed by atoms with E-state index >= 15 is 0 Å². The summed E-state index contributed by atoms with van der Waals surface area (Å²) in [6, 6.07) is 1.63. The Kier molecular flexibility index (Phi) is 3.67. The van der Waals surface area contributed by atoms with Gasteiger partial charge in [-0.25, -0.2) is 0 Å². The van der Waals surface area contributed by atoms with Crippen molar-refractivity contribution in [2.45, 2.75) is 32.4 Å². The Morgan fingerprint density at radius 1 is 1.43 bits per heavy atom. The average molecular weight is 328 g/mol. The van der Waals surface area contributed by atoms with Gasteiger partial charge in [-0.1, -0.05) is 23.2 Å². The standard InChI is InChI=1S/C13H15Cl2N5O/c1-7-17-18-11-4-3-8(6-20(7)11)16-13(21)10-5-9(14)12(15)19(10)2/h5,8H,3-4,6H2,1-2H3,(H,16,21)/t8-/m1/s1. The number of aromatic nitrogens is 4. The molecule has 0 aliphatic carbocycles. The summed E-state index contributed by atoms with van der Waals surface area (Å²) in [5.41, 5.74) is 0.455. The van der Waals surface area contributed by atoms with Crippen LogP contribution in [0.5, 0.6) is 0 Å². The van der Waals surface area contributed by atoms with Crippen molar-refractivity contribution in [2.75, 3.05) is 0 Å². The molecule has 6 nitrogen and oxygen atoms in total. The largest absolute Gasteiger partial charge is 0.346 e. The highest BCUT2D eigenvalue weighted by Gasteiger charge is 2.24. The highest BCUT2D eigenvalue weighted by molar-refractivity contribution is 6.41. The molecule has 1 N–H and O–H groups in total. The molecule has 2 aromatic heterocycles. The van der Waals surface area contributed by atoms with Crippen LogP contribution in [0.3, 0.4) is 0 Å². The number of carbonyl (C=O) groups is 1. The lowest BCUT2D eigenvalue weighted by Crippen LogP contribution is -2.41. The van der Waals surface area contributed by atoms with E-state index in [0.717, 1.165) is 24.5 Å². The van der Waals surface area contributed by atoms with Gasteiger partial charge >= 0.3 is 0 Å². The number of amides is 1. The summed E-state index contributed by atoms with van der Waals surface area (Å²) in [5, 5.41) is 11.9. The summed E-state index contributed by atoms with van der Waals surface area (Å²) in [6.07, 6.45) is 1.65. The van der Waals surface area contributed by atoms with Crippen molar-refractivity contribution in [3.63, 3.8) is 0 Å². The van der Waals surface area contributed by atoms with E-state index in [9.17, 15) is 4.79 Å². The first-order valence-electron chi connectivity index (χ1n) is 6.67. The Labute approximate surface area is 132 Å². The molecular weight excluding hydrogens is 313 g/mol. The quantitative estimate of drug-likeness (QED) is 0.917. The number of fused-ring (bicyclic) bond motifs is 1. The lowest BCUT2D eigenvalue weighted by atomic mass is 10.1. The highest BCUT2D eigenvalue weighted by atomic mass is 35.5. The first kappa shape index (κ1) is 14.4. The minimum absolute atomic E-state index is 0.0483. The van der Waals surface area contributed by atoms with E-state index in [4.69, 9.17) is 23.2 Å². The summed E-state index contributed by atoms with van der Waals surface area (Å²) in [6.45, 7) is 2.60. The molecule has 0 saturated heterocycles. The fourth-order valence-electron chi connectivity index (χ4n) is 2.60. The van der Waals surface area contributed by atoms with Crippen LogP contribution in [-0.4, -0.2) is 31.3 Å². The van der Waals surface area contributed by atoms with Crippen LogP contribution in [0.4, 0.5) is 0 Å². The number of hydrogen-bond acceptors (Lipinski definition) is 3. The second-order valence-corrected chi connectivity index (χ2v) is 5.98. The Morgan fingerprint density at radius 2 is 2.19 bits per heavy atom. The minimum atomic E-state index is -0.175. The van der Waals surface area contributed by atoms with Gasteiger partial charge in [0, 0.05) is 26.1 Å². The molecule has 112 valence electrons. The van der Waals surface area contributed by atoms with Crippen molar-refractivity contribution in [1.82, 2.24) is 24.6 Å². The van der Waals surface area contributed by atoms with Crippen LogP contribution in [0.25, 0.3) is 0 Å². The summed E-state index contributed by atoms with van der Waals surface area (Å²) in [4.78, 5) is 12.3. The Balaban J connectivity index is 1.74. The summed E-state index contributed by atoms with van der Waals surface area (Å²) in [5.74, 6) is 1.67. The van der Waals surface area contributed by atoms with Gasteiger partial charge in [0.2, 0.25) is 0 Å². The Hall–Kier alpha value is -1.53. The molecule has 1 aliphatic heterocycles. The predicted octanol–water partition coefficient (Wildman–Crippen LogP) is 1.98. The second kappa shape index (κ2) is 5.35. The normalized spacial score (nSPS) is 17.6.